The Morgan fingerprint density at radius 1 is 0.655 bits per heavy atom. The van der Waals surface area contributed by atoms with E-state index in [1.165, 1.54) is 0 Å². The second-order valence-electron chi connectivity index (χ2n) is 6.53. The molecule has 0 radical (unpaired) electrons. The predicted octanol–water partition coefficient (Wildman–Crippen LogP) is 7.98. The highest BCUT2D eigenvalue weighted by atomic mass is 79.9. The maximum absolute atomic E-state index is 11.5. The predicted molar refractivity (Wildman–Crippen MR) is 131 cm³/mol. The van der Waals surface area contributed by atoms with Crippen molar-refractivity contribution >= 4 is 80.9 Å². The number of hydrogen-bond donors (Lipinski definition) is 0. The number of benzene rings is 4. The van der Waals surface area contributed by atoms with Gasteiger partial charge in [0.25, 0.3) is 0 Å². The fourth-order valence-electron chi connectivity index (χ4n) is 2.90. The van der Waals surface area contributed by atoms with Gasteiger partial charge in [0.1, 0.15) is 0 Å². The largest absolute Gasteiger partial charge is 0.295 e. The third kappa shape index (κ3) is 5.62. The lowest BCUT2D eigenvalue weighted by Crippen LogP contribution is -1.98. The first kappa shape index (κ1) is 21.9. The number of hydrogen-bond acceptors (Lipinski definition) is 2. The van der Waals surface area contributed by atoms with Crippen LogP contribution in [0.5, 0.6) is 0 Å². The molecule has 0 spiro atoms. The first-order chi connectivity index (χ1) is 13.9. The molecule has 0 saturated heterocycles. The summed E-state index contributed by atoms with van der Waals surface area (Å²) < 4.78 is 2.11. The van der Waals surface area contributed by atoms with Crippen molar-refractivity contribution in [2.24, 2.45) is 0 Å². The number of alkyl halides is 1. The van der Waals surface area contributed by atoms with Crippen molar-refractivity contribution in [2.75, 3.05) is 5.33 Å². The van der Waals surface area contributed by atoms with Crippen LogP contribution in [-0.2, 0) is 0 Å². The molecule has 0 amide bonds. The van der Waals surface area contributed by atoms with Crippen molar-refractivity contribution in [2.45, 2.75) is 6.92 Å². The molecular formula is C24H17Br3O2. The standard InChI is InChI=1S/C12H8Br2O.C12H9BrO/c13-7-12(15)10-2-1-9-6-11(14)4-3-8(9)5-10;1-8(14)9-2-3-11-7-12(13)5-4-10(11)6-9/h1-6H,7H2;2-7H,1H3. The summed E-state index contributed by atoms with van der Waals surface area (Å²) >= 11 is 10.0. The SMILES string of the molecule is CC(=O)c1ccc2cc(Br)ccc2c1.O=C(CBr)c1ccc2cc(Br)ccc2c1. The number of fused-ring (bicyclic) bond motifs is 2. The molecule has 0 bridgehead atoms. The lowest BCUT2D eigenvalue weighted by Gasteiger charge is -2.01. The van der Waals surface area contributed by atoms with Gasteiger partial charge < -0.3 is 0 Å². The van der Waals surface area contributed by atoms with E-state index in [1.54, 1.807) is 6.92 Å². The van der Waals surface area contributed by atoms with Crippen molar-refractivity contribution < 1.29 is 9.59 Å². The zero-order valence-electron chi connectivity index (χ0n) is 15.6. The zero-order chi connectivity index (χ0) is 21.0. The Morgan fingerprint density at radius 2 is 1.07 bits per heavy atom. The lowest BCUT2D eigenvalue weighted by molar-refractivity contribution is 0.101. The quantitative estimate of drug-likeness (QED) is 0.183. The number of Topliss-reactive ketones (excluding diaryl/α,β-unsaturated/α-hetero) is 2. The Morgan fingerprint density at radius 3 is 1.55 bits per heavy atom. The summed E-state index contributed by atoms with van der Waals surface area (Å²) in [4.78, 5) is 22.6. The van der Waals surface area contributed by atoms with E-state index in [-0.39, 0.29) is 11.6 Å². The van der Waals surface area contributed by atoms with Crippen molar-refractivity contribution in [3.63, 3.8) is 0 Å². The highest BCUT2D eigenvalue weighted by molar-refractivity contribution is 9.10. The van der Waals surface area contributed by atoms with Gasteiger partial charge >= 0.3 is 0 Å². The number of halogens is 3. The highest BCUT2D eigenvalue weighted by Crippen LogP contribution is 2.22. The first-order valence-corrected chi connectivity index (χ1v) is 11.6. The molecule has 0 fully saturated rings. The van der Waals surface area contributed by atoms with Gasteiger partial charge in [-0.1, -0.05) is 84.2 Å². The summed E-state index contributed by atoms with van der Waals surface area (Å²) in [7, 11) is 0. The van der Waals surface area contributed by atoms with E-state index in [2.05, 4.69) is 47.8 Å². The summed E-state index contributed by atoms with van der Waals surface area (Å²) in [6.07, 6.45) is 0. The third-order valence-electron chi connectivity index (χ3n) is 4.45. The Balaban J connectivity index is 0.000000166. The lowest BCUT2D eigenvalue weighted by atomic mass is 10.1. The number of rotatable bonds is 3. The van der Waals surface area contributed by atoms with Crippen LogP contribution in [-0.4, -0.2) is 16.9 Å². The minimum atomic E-state index is 0.106. The molecule has 4 aromatic carbocycles. The Hall–Kier alpha value is -1.82. The van der Waals surface area contributed by atoms with E-state index >= 15 is 0 Å². The van der Waals surface area contributed by atoms with Crippen molar-refractivity contribution in [1.82, 2.24) is 0 Å². The minimum absolute atomic E-state index is 0.106. The van der Waals surface area contributed by atoms with Gasteiger partial charge in [-0.05, 0) is 64.9 Å². The average molecular weight is 577 g/mol. The van der Waals surface area contributed by atoms with Gasteiger partial charge in [-0.2, -0.15) is 0 Å². The number of carbonyl (C=O) groups excluding carboxylic acids is 2. The molecule has 0 unspecified atom stereocenters. The van der Waals surface area contributed by atoms with Crippen LogP contribution >= 0.6 is 47.8 Å². The Labute approximate surface area is 194 Å². The first-order valence-electron chi connectivity index (χ1n) is 8.86. The van der Waals surface area contributed by atoms with Gasteiger partial charge in [-0.25, -0.2) is 0 Å². The number of carbonyl (C=O) groups is 2. The van der Waals surface area contributed by atoms with Crippen LogP contribution in [0.2, 0.25) is 0 Å². The molecule has 0 aliphatic heterocycles. The van der Waals surface area contributed by atoms with E-state index in [4.69, 9.17) is 0 Å². The molecule has 4 rings (SSSR count). The number of ketones is 2. The summed E-state index contributed by atoms with van der Waals surface area (Å²) in [6, 6.07) is 23.5. The fourth-order valence-corrected chi connectivity index (χ4v) is 3.98. The smallest absolute Gasteiger partial charge is 0.173 e. The summed E-state index contributed by atoms with van der Waals surface area (Å²) in [5, 5.41) is 4.83. The monoisotopic (exact) mass is 574 g/mol. The second kappa shape index (κ2) is 9.79. The molecule has 0 atom stereocenters. The maximum atomic E-state index is 11.5. The molecule has 146 valence electrons. The van der Waals surface area contributed by atoms with Crippen molar-refractivity contribution in [3.8, 4) is 0 Å². The molecule has 0 aliphatic rings. The van der Waals surface area contributed by atoms with Gasteiger partial charge in [0.15, 0.2) is 11.6 Å². The topological polar surface area (TPSA) is 34.1 Å². The van der Waals surface area contributed by atoms with Gasteiger partial charge in [0.05, 0.1) is 5.33 Å². The highest BCUT2D eigenvalue weighted by Gasteiger charge is 2.04. The molecule has 29 heavy (non-hydrogen) atoms. The van der Waals surface area contributed by atoms with Gasteiger partial charge in [0, 0.05) is 20.1 Å². The summed E-state index contributed by atoms with van der Waals surface area (Å²) in [5.74, 6) is 0.217. The average Bonchev–Trinajstić information content (AvgIpc) is 2.72. The van der Waals surface area contributed by atoms with E-state index in [9.17, 15) is 9.59 Å². The van der Waals surface area contributed by atoms with Crippen LogP contribution < -0.4 is 0 Å². The van der Waals surface area contributed by atoms with Crippen LogP contribution in [0, 0.1) is 0 Å². The third-order valence-corrected chi connectivity index (χ3v) is 5.95. The Kier molecular flexibility index (Phi) is 7.38. The molecule has 0 N–H and O–H groups in total. The fraction of sp³-hybridized carbons (Fsp3) is 0.0833. The van der Waals surface area contributed by atoms with Crippen LogP contribution in [0.25, 0.3) is 21.5 Å². The van der Waals surface area contributed by atoms with E-state index < -0.39 is 0 Å². The summed E-state index contributed by atoms with van der Waals surface area (Å²) in [6.45, 7) is 1.58. The molecule has 2 nitrogen and oxygen atoms in total. The molecular weight excluding hydrogens is 560 g/mol. The van der Waals surface area contributed by atoms with Crippen molar-refractivity contribution in [3.05, 3.63) is 92.9 Å². The molecule has 0 heterocycles. The van der Waals surface area contributed by atoms with Crippen molar-refractivity contribution in [1.29, 1.82) is 0 Å². The minimum Gasteiger partial charge on any atom is -0.295 e. The molecule has 0 saturated carbocycles. The van der Waals surface area contributed by atoms with E-state index in [0.717, 1.165) is 41.6 Å². The van der Waals surface area contributed by atoms with Gasteiger partial charge in [-0.15, -0.1) is 0 Å². The van der Waals surface area contributed by atoms with Crippen LogP contribution in [0.4, 0.5) is 0 Å². The second-order valence-corrected chi connectivity index (χ2v) is 8.92. The maximum Gasteiger partial charge on any atom is 0.173 e. The zero-order valence-corrected chi connectivity index (χ0v) is 20.3. The molecule has 0 aliphatic carbocycles. The van der Waals surface area contributed by atoms with Crippen LogP contribution in [0.1, 0.15) is 27.6 Å². The van der Waals surface area contributed by atoms with Crippen LogP contribution in [0.15, 0.2) is 81.7 Å². The Bertz CT molecular complexity index is 1220. The summed E-state index contributed by atoms with van der Waals surface area (Å²) in [5.41, 5.74) is 1.52. The van der Waals surface area contributed by atoms with Gasteiger partial charge in [-0.3, -0.25) is 9.59 Å². The molecule has 4 aromatic rings. The van der Waals surface area contributed by atoms with Gasteiger partial charge in [0.2, 0.25) is 0 Å². The van der Waals surface area contributed by atoms with E-state index in [0.29, 0.717) is 5.33 Å². The van der Waals surface area contributed by atoms with Crippen LogP contribution in [0.3, 0.4) is 0 Å². The molecule has 0 aromatic heterocycles. The van der Waals surface area contributed by atoms with E-state index in [1.807, 2.05) is 72.8 Å². The molecule has 5 heteroatoms. The normalized spacial score (nSPS) is 10.5.